The van der Waals surface area contributed by atoms with Gasteiger partial charge in [0.25, 0.3) is 0 Å². The lowest BCUT2D eigenvalue weighted by Crippen LogP contribution is -2.50. The first-order chi connectivity index (χ1) is 5.38. The van der Waals surface area contributed by atoms with E-state index in [4.69, 9.17) is 0 Å². The predicted octanol–water partition coefficient (Wildman–Crippen LogP) is 1.00. The van der Waals surface area contributed by atoms with Gasteiger partial charge in [0.2, 0.25) is 0 Å². The normalized spacial score (nSPS) is 22.6. The monoisotopic (exact) mass is 281 g/mol. The SMILES string of the molecule is CN1CCCN2CCCN=C12.I. The van der Waals surface area contributed by atoms with E-state index in [0.717, 1.165) is 6.54 Å². The summed E-state index contributed by atoms with van der Waals surface area (Å²) >= 11 is 0. The summed E-state index contributed by atoms with van der Waals surface area (Å²) in [6.45, 7) is 4.62. The van der Waals surface area contributed by atoms with E-state index in [2.05, 4.69) is 21.8 Å². The molecule has 0 aliphatic carbocycles. The first kappa shape index (κ1) is 10.1. The number of hydrogen-bond acceptors (Lipinski definition) is 3. The van der Waals surface area contributed by atoms with Crippen LogP contribution in [0.15, 0.2) is 4.99 Å². The molecule has 70 valence electrons. The molecular formula is C8H16IN3. The second-order valence-corrected chi connectivity index (χ2v) is 3.30. The molecule has 0 unspecified atom stereocenters. The van der Waals surface area contributed by atoms with E-state index in [1.807, 2.05) is 0 Å². The zero-order chi connectivity index (χ0) is 7.68. The number of nitrogens with zero attached hydrogens (tertiary/aromatic N) is 3. The molecule has 0 amide bonds. The largest absolute Gasteiger partial charge is 0.346 e. The van der Waals surface area contributed by atoms with Crippen LogP contribution >= 0.6 is 24.0 Å². The lowest BCUT2D eigenvalue weighted by molar-refractivity contribution is 0.269. The maximum Gasteiger partial charge on any atom is 0.196 e. The fourth-order valence-corrected chi connectivity index (χ4v) is 1.81. The molecule has 2 heterocycles. The van der Waals surface area contributed by atoms with Gasteiger partial charge in [-0.15, -0.1) is 24.0 Å². The van der Waals surface area contributed by atoms with Gasteiger partial charge in [-0.05, 0) is 12.8 Å². The standard InChI is InChI=1S/C8H15N3.HI/c1-10-5-3-7-11-6-2-4-9-8(10)11;/h2-7H2,1H3;1H. The molecule has 0 bridgehead atoms. The third-order valence-corrected chi connectivity index (χ3v) is 2.39. The Balaban J connectivity index is 0.000000720. The van der Waals surface area contributed by atoms with Crippen molar-refractivity contribution in [3.8, 4) is 0 Å². The number of halogens is 1. The van der Waals surface area contributed by atoms with Crippen molar-refractivity contribution >= 4 is 29.9 Å². The topological polar surface area (TPSA) is 18.8 Å². The average Bonchev–Trinajstić information content (AvgIpc) is 2.06. The van der Waals surface area contributed by atoms with Crippen LogP contribution in [-0.4, -0.2) is 49.0 Å². The van der Waals surface area contributed by atoms with Crippen LogP contribution in [0.3, 0.4) is 0 Å². The Kier molecular flexibility index (Phi) is 3.61. The van der Waals surface area contributed by atoms with Crippen molar-refractivity contribution < 1.29 is 0 Å². The van der Waals surface area contributed by atoms with Crippen molar-refractivity contribution in [2.24, 2.45) is 4.99 Å². The van der Waals surface area contributed by atoms with Gasteiger partial charge in [-0.2, -0.15) is 0 Å². The highest BCUT2D eigenvalue weighted by Gasteiger charge is 2.22. The Labute approximate surface area is 90.8 Å². The Morgan fingerprint density at radius 1 is 1.17 bits per heavy atom. The molecule has 1 fully saturated rings. The smallest absolute Gasteiger partial charge is 0.196 e. The van der Waals surface area contributed by atoms with Gasteiger partial charge in [0.15, 0.2) is 5.96 Å². The number of fused-ring (bicyclic) bond motifs is 1. The van der Waals surface area contributed by atoms with Gasteiger partial charge in [0.05, 0.1) is 0 Å². The van der Waals surface area contributed by atoms with E-state index in [-0.39, 0.29) is 24.0 Å². The van der Waals surface area contributed by atoms with Gasteiger partial charge >= 0.3 is 0 Å². The Hall–Kier alpha value is -0.000000000000000111. The summed E-state index contributed by atoms with van der Waals surface area (Å²) in [6, 6.07) is 0. The highest BCUT2D eigenvalue weighted by Crippen LogP contribution is 2.11. The number of aliphatic imine (C=N–C) groups is 1. The summed E-state index contributed by atoms with van der Waals surface area (Å²) in [5.41, 5.74) is 0. The van der Waals surface area contributed by atoms with Crippen LogP contribution < -0.4 is 0 Å². The fourth-order valence-electron chi connectivity index (χ4n) is 1.81. The van der Waals surface area contributed by atoms with Crippen molar-refractivity contribution in [1.82, 2.24) is 9.80 Å². The number of hydrogen-bond donors (Lipinski definition) is 0. The molecule has 3 nitrogen and oxygen atoms in total. The molecule has 1 saturated heterocycles. The predicted molar refractivity (Wildman–Crippen MR) is 61.2 cm³/mol. The van der Waals surface area contributed by atoms with E-state index >= 15 is 0 Å². The third kappa shape index (κ3) is 1.84. The van der Waals surface area contributed by atoms with E-state index in [1.165, 1.54) is 38.4 Å². The lowest BCUT2D eigenvalue weighted by atomic mass is 10.2. The van der Waals surface area contributed by atoms with Gasteiger partial charge in [-0.1, -0.05) is 0 Å². The Morgan fingerprint density at radius 2 is 1.92 bits per heavy atom. The molecule has 0 atom stereocenters. The number of guanidine groups is 1. The summed E-state index contributed by atoms with van der Waals surface area (Å²) < 4.78 is 0. The summed E-state index contributed by atoms with van der Waals surface area (Å²) in [5.74, 6) is 1.22. The quantitative estimate of drug-likeness (QED) is 0.617. The van der Waals surface area contributed by atoms with Crippen LogP contribution in [0.25, 0.3) is 0 Å². The molecule has 2 rings (SSSR count). The van der Waals surface area contributed by atoms with Crippen molar-refractivity contribution in [2.75, 3.05) is 33.2 Å². The van der Waals surface area contributed by atoms with Crippen LogP contribution in [0.2, 0.25) is 0 Å². The van der Waals surface area contributed by atoms with Crippen LogP contribution in [-0.2, 0) is 0 Å². The van der Waals surface area contributed by atoms with E-state index in [0.29, 0.717) is 0 Å². The Bertz CT molecular complexity index is 181. The second-order valence-electron chi connectivity index (χ2n) is 3.30. The zero-order valence-corrected chi connectivity index (χ0v) is 9.82. The second kappa shape index (κ2) is 4.30. The van der Waals surface area contributed by atoms with Crippen molar-refractivity contribution in [2.45, 2.75) is 12.8 Å². The minimum atomic E-state index is 0. The molecule has 2 aliphatic rings. The van der Waals surface area contributed by atoms with Gasteiger partial charge in [0.1, 0.15) is 0 Å². The average molecular weight is 281 g/mol. The maximum absolute atomic E-state index is 4.50. The van der Waals surface area contributed by atoms with Crippen LogP contribution in [0.5, 0.6) is 0 Å². The minimum Gasteiger partial charge on any atom is -0.346 e. The highest BCUT2D eigenvalue weighted by atomic mass is 127. The van der Waals surface area contributed by atoms with Gasteiger partial charge < -0.3 is 9.80 Å². The zero-order valence-electron chi connectivity index (χ0n) is 7.49. The lowest BCUT2D eigenvalue weighted by Gasteiger charge is -2.39. The molecule has 0 radical (unpaired) electrons. The van der Waals surface area contributed by atoms with Gasteiger partial charge in [0, 0.05) is 33.2 Å². The fraction of sp³-hybridized carbons (Fsp3) is 0.875. The summed E-state index contributed by atoms with van der Waals surface area (Å²) in [4.78, 5) is 9.16. The van der Waals surface area contributed by atoms with Crippen molar-refractivity contribution in [3.63, 3.8) is 0 Å². The number of rotatable bonds is 0. The van der Waals surface area contributed by atoms with Gasteiger partial charge in [-0.3, -0.25) is 4.99 Å². The molecule has 12 heavy (non-hydrogen) atoms. The highest BCUT2D eigenvalue weighted by molar-refractivity contribution is 14.0. The molecule has 2 aliphatic heterocycles. The first-order valence-corrected chi connectivity index (χ1v) is 4.38. The summed E-state index contributed by atoms with van der Waals surface area (Å²) in [5, 5.41) is 0. The van der Waals surface area contributed by atoms with Crippen molar-refractivity contribution in [3.05, 3.63) is 0 Å². The van der Waals surface area contributed by atoms with E-state index < -0.39 is 0 Å². The minimum absolute atomic E-state index is 0. The Morgan fingerprint density at radius 3 is 2.67 bits per heavy atom. The molecule has 4 heteroatoms. The van der Waals surface area contributed by atoms with E-state index in [1.54, 1.807) is 0 Å². The molecule has 0 aromatic rings. The van der Waals surface area contributed by atoms with Gasteiger partial charge in [-0.25, -0.2) is 0 Å². The molecule has 0 saturated carbocycles. The van der Waals surface area contributed by atoms with Crippen molar-refractivity contribution in [1.29, 1.82) is 0 Å². The van der Waals surface area contributed by atoms with Crippen LogP contribution in [0, 0.1) is 0 Å². The van der Waals surface area contributed by atoms with E-state index in [9.17, 15) is 0 Å². The van der Waals surface area contributed by atoms with Crippen LogP contribution in [0.4, 0.5) is 0 Å². The molecule has 0 aromatic heterocycles. The molecule has 0 spiro atoms. The molecular weight excluding hydrogens is 265 g/mol. The summed E-state index contributed by atoms with van der Waals surface area (Å²) in [6.07, 6.45) is 2.52. The molecule has 0 aromatic carbocycles. The first-order valence-electron chi connectivity index (χ1n) is 4.38. The maximum atomic E-state index is 4.50. The molecule has 0 N–H and O–H groups in total. The third-order valence-electron chi connectivity index (χ3n) is 2.39. The van der Waals surface area contributed by atoms with Crippen LogP contribution in [0.1, 0.15) is 12.8 Å². The summed E-state index contributed by atoms with van der Waals surface area (Å²) in [7, 11) is 2.14.